The van der Waals surface area contributed by atoms with E-state index in [1.165, 1.54) is 0 Å². The molecule has 23 heavy (non-hydrogen) atoms. The number of hydrogen-bond donors (Lipinski definition) is 1. The fraction of sp³-hybridized carbons (Fsp3) is 0.158. The van der Waals surface area contributed by atoms with Crippen LogP contribution in [0.15, 0.2) is 65.8 Å². The molecule has 0 aliphatic heterocycles. The molecule has 0 atom stereocenters. The van der Waals surface area contributed by atoms with Gasteiger partial charge in [0.25, 0.3) is 5.91 Å². The highest BCUT2D eigenvalue weighted by Crippen LogP contribution is 2.04. The van der Waals surface area contributed by atoms with Crippen molar-refractivity contribution in [2.45, 2.75) is 6.92 Å². The van der Waals surface area contributed by atoms with Crippen molar-refractivity contribution in [2.75, 3.05) is 14.1 Å². The summed E-state index contributed by atoms with van der Waals surface area (Å²) in [5, 5.41) is 8.80. The molecule has 0 heterocycles. The number of hydrazone groups is 1. The monoisotopic (exact) mass is 307 g/mol. The van der Waals surface area contributed by atoms with E-state index < -0.39 is 0 Å². The molecule has 1 amide bonds. The first-order valence-electron chi connectivity index (χ1n) is 7.41. The summed E-state index contributed by atoms with van der Waals surface area (Å²) in [6, 6.07) is 17.3. The van der Waals surface area contributed by atoms with Gasteiger partial charge in [0.2, 0.25) is 0 Å². The van der Waals surface area contributed by atoms with Crippen molar-refractivity contribution < 1.29 is 4.79 Å². The van der Waals surface area contributed by atoms with E-state index in [9.17, 15) is 4.79 Å². The Morgan fingerprint density at radius 1 is 1.04 bits per heavy atom. The van der Waals surface area contributed by atoms with Gasteiger partial charge in [0.05, 0.1) is 0 Å². The Hall–Kier alpha value is -2.88. The highest BCUT2D eigenvalue weighted by molar-refractivity contribution is 6.11. The second kappa shape index (κ2) is 7.94. The molecule has 2 aromatic carbocycles. The molecule has 0 unspecified atom stereocenters. The third-order valence-corrected chi connectivity index (χ3v) is 3.10. The number of hydrogen-bond acceptors (Lipinski definition) is 3. The van der Waals surface area contributed by atoms with E-state index in [1.807, 2.05) is 69.6 Å². The summed E-state index contributed by atoms with van der Waals surface area (Å²) in [5.41, 5.74) is 2.77. The zero-order valence-corrected chi connectivity index (χ0v) is 13.7. The molecule has 0 aromatic heterocycles. The van der Waals surface area contributed by atoms with Crippen molar-refractivity contribution in [3.63, 3.8) is 0 Å². The number of carbonyl (C=O) groups excluding carboxylic acids is 1. The Bertz CT molecular complexity index is 701. The third kappa shape index (κ3) is 5.43. The predicted molar refractivity (Wildman–Crippen MR) is 95.2 cm³/mol. The molecule has 4 heteroatoms. The minimum atomic E-state index is -0.177. The SMILES string of the molecule is Cc1ccc(C(=O)NC(/C=C/c2ccccc2)=N/N(C)C)cc1. The fourth-order valence-corrected chi connectivity index (χ4v) is 1.95. The topological polar surface area (TPSA) is 44.7 Å². The van der Waals surface area contributed by atoms with Crippen molar-refractivity contribution >= 4 is 17.8 Å². The van der Waals surface area contributed by atoms with Crippen molar-refractivity contribution in [2.24, 2.45) is 5.10 Å². The van der Waals surface area contributed by atoms with Crippen molar-refractivity contribution in [3.05, 3.63) is 77.4 Å². The lowest BCUT2D eigenvalue weighted by Gasteiger charge is -2.10. The molecule has 0 radical (unpaired) electrons. The zero-order chi connectivity index (χ0) is 16.7. The standard InChI is InChI=1S/C19H21N3O/c1-15-9-12-17(13-10-15)19(23)20-18(21-22(2)3)14-11-16-7-5-4-6-8-16/h4-14H,1-3H3,(H,20,21,23)/b14-11+. The van der Waals surface area contributed by atoms with Crippen molar-refractivity contribution in [1.82, 2.24) is 10.3 Å². The van der Waals surface area contributed by atoms with Gasteiger partial charge in [0.1, 0.15) is 0 Å². The molecule has 0 spiro atoms. The first kappa shape index (κ1) is 16.5. The van der Waals surface area contributed by atoms with Crippen LogP contribution in [0.2, 0.25) is 0 Å². The summed E-state index contributed by atoms with van der Waals surface area (Å²) in [6.45, 7) is 1.99. The quantitative estimate of drug-likeness (QED) is 0.535. The van der Waals surface area contributed by atoms with E-state index in [-0.39, 0.29) is 5.91 Å². The average Bonchev–Trinajstić information content (AvgIpc) is 2.53. The van der Waals surface area contributed by atoms with Crippen LogP contribution in [0.5, 0.6) is 0 Å². The molecule has 2 aromatic rings. The van der Waals surface area contributed by atoms with Crippen molar-refractivity contribution in [3.8, 4) is 0 Å². The number of amides is 1. The van der Waals surface area contributed by atoms with Gasteiger partial charge in [0.15, 0.2) is 5.84 Å². The predicted octanol–water partition coefficient (Wildman–Crippen LogP) is 3.31. The minimum Gasteiger partial charge on any atom is -0.305 e. The Kier molecular flexibility index (Phi) is 5.69. The van der Waals surface area contributed by atoms with E-state index in [0.717, 1.165) is 11.1 Å². The van der Waals surface area contributed by atoms with Crippen LogP contribution in [0, 0.1) is 6.92 Å². The van der Waals surface area contributed by atoms with E-state index in [1.54, 1.807) is 23.2 Å². The van der Waals surface area contributed by atoms with Crippen LogP contribution in [0.4, 0.5) is 0 Å². The van der Waals surface area contributed by atoms with Crippen LogP contribution in [0.25, 0.3) is 6.08 Å². The Morgan fingerprint density at radius 3 is 2.30 bits per heavy atom. The van der Waals surface area contributed by atoms with E-state index >= 15 is 0 Å². The maximum absolute atomic E-state index is 12.3. The Labute approximate surface area is 137 Å². The Balaban J connectivity index is 2.14. The molecule has 4 nitrogen and oxygen atoms in total. The van der Waals surface area contributed by atoms with Gasteiger partial charge in [-0.1, -0.05) is 54.1 Å². The highest BCUT2D eigenvalue weighted by Gasteiger charge is 2.07. The van der Waals surface area contributed by atoms with E-state index in [4.69, 9.17) is 0 Å². The van der Waals surface area contributed by atoms with Gasteiger partial charge < -0.3 is 10.3 Å². The molecular formula is C19H21N3O. The molecule has 1 N–H and O–H groups in total. The summed E-state index contributed by atoms with van der Waals surface area (Å²) in [5.74, 6) is 0.313. The largest absolute Gasteiger partial charge is 0.305 e. The van der Waals surface area contributed by atoms with Crippen LogP contribution >= 0.6 is 0 Å². The van der Waals surface area contributed by atoms with Crippen LogP contribution in [-0.4, -0.2) is 30.8 Å². The molecule has 0 bridgehead atoms. The summed E-state index contributed by atoms with van der Waals surface area (Å²) in [7, 11) is 3.63. The lowest BCUT2D eigenvalue weighted by atomic mass is 10.1. The van der Waals surface area contributed by atoms with Gasteiger partial charge in [-0.2, -0.15) is 5.10 Å². The number of nitrogens with zero attached hydrogens (tertiary/aromatic N) is 2. The van der Waals surface area contributed by atoms with Crippen LogP contribution < -0.4 is 5.32 Å². The van der Waals surface area contributed by atoms with Gasteiger partial charge in [-0.25, -0.2) is 0 Å². The molecule has 0 saturated carbocycles. The first-order chi connectivity index (χ1) is 11.0. The molecule has 0 aliphatic rings. The van der Waals surface area contributed by atoms with Crippen LogP contribution in [0.3, 0.4) is 0 Å². The molecule has 2 rings (SSSR count). The number of amidine groups is 1. The smallest absolute Gasteiger partial charge is 0.256 e. The maximum Gasteiger partial charge on any atom is 0.256 e. The average molecular weight is 307 g/mol. The van der Waals surface area contributed by atoms with E-state index in [2.05, 4.69) is 10.4 Å². The second-order valence-corrected chi connectivity index (χ2v) is 5.40. The van der Waals surface area contributed by atoms with Gasteiger partial charge in [-0.05, 0) is 30.7 Å². The van der Waals surface area contributed by atoms with Crippen molar-refractivity contribution in [1.29, 1.82) is 0 Å². The maximum atomic E-state index is 12.3. The number of nitrogens with one attached hydrogen (secondary N) is 1. The minimum absolute atomic E-state index is 0.177. The van der Waals surface area contributed by atoms with Gasteiger partial charge in [-0.15, -0.1) is 0 Å². The van der Waals surface area contributed by atoms with Crippen LogP contribution in [-0.2, 0) is 0 Å². The summed E-state index contributed by atoms with van der Waals surface area (Å²) in [6.07, 6.45) is 3.71. The Morgan fingerprint density at radius 2 is 1.70 bits per heavy atom. The first-order valence-corrected chi connectivity index (χ1v) is 7.41. The summed E-state index contributed by atoms with van der Waals surface area (Å²) < 4.78 is 0. The number of benzene rings is 2. The van der Waals surface area contributed by atoms with Gasteiger partial charge in [-0.3, -0.25) is 4.79 Å². The lowest BCUT2D eigenvalue weighted by Crippen LogP contribution is -2.30. The molecule has 0 fully saturated rings. The molecule has 118 valence electrons. The fourth-order valence-electron chi connectivity index (χ4n) is 1.95. The second-order valence-electron chi connectivity index (χ2n) is 5.40. The molecule has 0 aliphatic carbocycles. The summed E-state index contributed by atoms with van der Waals surface area (Å²) >= 11 is 0. The summed E-state index contributed by atoms with van der Waals surface area (Å²) in [4.78, 5) is 12.3. The number of aryl methyl sites for hydroxylation is 1. The number of carbonyl (C=O) groups is 1. The van der Waals surface area contributed by atoms with Gasteiger partial charge >= 0.3 is 0 Å². The normalized spacial score (nSPS) is 11.5. The van der Waals surface area contributed by atoms with Gasteiger partial charge in [0, 0.05) is 19.7 Å². The third-order valence-electron chi connectivity index (χ3n) is 3.10. The molecule has 0 saturated heterocycles. The molecular weight excluding hydrogens is 286 g/mol. The zero-order valence-electron chi connectivity index (χ0n) is 13.7. The number of rotatable bonds is 4. The van der Waals surface area contributed by atoms with E-state index in [0.29, 0.717) is 11.4 Å². The lowest BCUT2D eigenvalue weighted by molar-refractivity contribution is 0.0977. The van der Waals surface area contributed by atoms with Crippen LogP contribution in [0.1, 0.15) is 21.5 Å². The highest BCUT2D eigenvalue weighted by atomic mass is 16.1.